The number of aryl methyl sites for hydroxylation is 2. The summed E-state index contributed by atoms with van der Waals surface area (Å²) in [6.45, 7) is 4.24. The molecular formula is C17H19NO3. The van der Waals surface area contributed by atoms with Crippen molar-refractivity contribution in [3.8, 4) is 5.75 Å². The lowest BCUT2D eigenvalue weighted by atomic mass is 10.1. The highest BCUT2D eigenvalue weighted by Gasteiger charge is 2.04. The molecule has 2 aromatic carbocycles. The summed E-state index contributed by atoms with van der Waals surface area (Å²) in [6, 6.07) is 15.5. The largest absolute Gasteiger partial charge is 0.484 e. The molecule has 0 saturated heterocycles. The first-order valence-corrected chi connectivity index (χ1v) is 6.79. The zero-order chi connectivity index (χ0) is 15.1. The lowest BCUT2D eigenvalue weighted by Gasteiger charge is -2.09. The van der Waals surface area contributed by atoms with Crippen molar-refractivity contribution >= 4 is 5.91 Å². The van der Waals surface area contributed by atoms with Gasteiger partial charge in [0.1, 0.15) is 5.75 Å². The molecule has 0 radical (unpaired) electrons. The molecule has 0 fully saturated rings. The summed E-state index contributed by atoms with van der Waals surface area (Å²) in [4.78, 5) is 16.8. The molecule has 0 heterocycles. The van der Waals surface area contributed by atoms with E-state index < -0.39 is 0 Å². The van der Waals surface area contributed by atoms with E-state index in [0.717, 1.165) is 16.7 Å². The van der Waals surface area contributed by atoms with Crippen molar-refractivity contribution in [3.63, 3.8) is 0 Å². The number of carbonyl (C=O) groups is 1. The molecule has 21 heavy (non-hydrogen) atoms. The molecule has 0 aliphatic heterocycles. The van der Waals surface area contributed by atoms with Crippen LogP contribution in [0.5, 0.6) is 5.75 Å². The molecule has 0 aliphatic rings. The number of ether oxygens (including phenoxy) is 1. The zero-order valence-corrected chi connectivity index (χ0v) is 12.3. The van der Waals surface area contributed by atoms with Gasteiger partial charge in [0.25, 0.3) is 5.91 Å². The van der Waals surface area contributed by atoms with Gasteiger partial charge >= 0.3 is 0 Å². The van der Waals surface area contributed by atoms with Crippen molar-refractivity contribution in [2.24, 2.45) is 0 Å². The Morgan fingerprint density at radius 3 is 2.38 bits per heavy atom. The molecule has 110 valence electrons. The topological polar surface area (TPSA) is 47.6 Å². The van der Waals surface area contributed by atoms with Crippen LogP contribution in [0, 0.1) is 13.8 Å². The molecule has 0 atom stereocenters. The maximum Gasteiger partial charge on any atom is 0.281 e. The quantitative estimate of drug-likeness (QED) is 0.830. The second-order valence-electron chi connectivity index (χ2n) is 4.91. The Morgan fingerprint density at radius 2 is 1.71 bits per heavy atom. The number of nitrogens with one attached hydrogen (secondary N) is 1. The third-order valence-corrected chi connectivity index (χ3v) is 2.83. The van der Waals surface area contributed by atoms with Crippen LogP contribution in [0.25, 0.3) is 0 Å². The number of benzene rings is 2. The van der Waals surface area contributed by atoms with Crippen LogP contribution < -0.4 is 10.2 Å². The summed E-state index contributed by atoms with van der Waals surface area (Å²) >= 11 is 0. The van der Waals surface area contributed by atoms with E-state index in [-0.39, 0.29) is 12.5 Å². The molecule has 0 unspecified atom stereocenters. The van der Waals surface area contributed by atoms with Gasteiger partial charge in [-0.15, -0.1) is 0 Å². The average Bonchev–Trinajstić information content (AvgIpc) is 2.45. The van der Waals surface area contributed by atoms with E-state index >= 15 is 0 Å². The van der Waals surface area contributed by atoms with E-state index in [1.165, 1.54) is 0 Å². The Hall–Kier alpha value is -2.33. The molecule has 4 nitrogen and oxygen atoms in total. The smallest absolute Gasteiger partial charge is 0.281 e. The van der Waals surface area contributed by atoms with E-state index in [2.05, 4.69) is 11.5 Å². The van der Waals surface area contributed by atoms with E-state index in [0.29, 0.717) is 12.4 Å². The Bertz CT molecular complexity index is 576. The number of rotatable bonds is 6. The first kappa shape index (κ1) is 15.1. The number of hydroxylamine groups is 1. The fraction of sp³-hybridized carbons (Fsp3) is 0.235. The van der Waals surface area contributed by atoms with E-state index in [1.807, 2.05) is 56.3 Å². The Balaban J connectivity index is 1.72. The Labute approximate surface area is 124 Å². The first-order valence-electron chi connectivity index (χ1n) is 6.79. The third kappa shape index (κ3) is 5.28. The van der Waals surface area contributed by atoms with Crippen molar-refractivity contribution in [2.75, 3.05) is 6.61 Å². The van der Waals surface area contributed by atoms with Gasteiger partial charge in [-0.1, -0.05) is 36.4 Å². The second kappa shape index (κ2) is 7.45. The highest BCUT2D eigenvalue weighted by atomic mass is 16.7. The molecule has 0 aliphatic carbocycles. The summed E-state index contributed by atoms with van der Waals surface area (Å²) in [5.41, 5.74) is 5.57. The van der Waals surface area contributed by atoms with Crippen LogP contribution in [0.4, 0.5) is 0 Å². The van der Waals surface area contributed by atoms with Crippen LogP contribution in [0.3, 0.4) is 0 Å². The lowest BCUT2D eigenvalue weighted by Crippen LogP contribution is -2.28. The van der Waals surface area contributed by atoms with Crippen molar-refractivity contribution < 1.29 is 14.4 Å². The van der Waals surface area contributed by atoms with Gasteiger partial charge < -0.3 is 4.74 Å². The molecule has 4 heteroatoms. The number of amides is 1. The van der Waals surface area contributed by atoms with Crippen LogP contribution in [0.2, 0.25) is 0 Å². The first-order chi connectivity index (χ1) is 10.1. The molecule has 2 rings (SSSR count). The number of carbonyl (C=O) groups excluding carboxylic acids is 1. The van der Waals surface area contributed by atoms with Crippen LogP contribution in [0.15, 0.2) is 48.5 Å². The summed E-state index contributed by atoms with van der Waals surface area (Å²) in [6.07, 6.45) is 0. The van der Waals surface area contributed by atoms with Gasteiger partial charge in [0.2, 0.25) is 0 Å². The minimum Gasteiger partial charge on any atom is -0.484 e. The SMILES string of the molecule is Cc1cc(C)cc(OCC(=O)NOCc2ccccc2)c1. The molecule has 0 saturated carbocycles. The molecular weight excluding hydrogens is 266 g/mol. The standard InChI is InChI=1S/C17H19NO3/c1-13-8-14(2)10-16(9-13)20-12-17(19)18-21-11-15-6-4-3-5-7-15/h3-10H,11-12H2,1-2H3,(H,18,19). The Kier molecular flexibility index (Phi) is 5.35. The minimum absolute atomic E-state index is 0.0717. The van der Waals surface area contributed by atoms with E-state index in [4.69, 9.17) is 9.57 Å². The van der Waals surface area contributed by atoms with Crippen LogP contribution in [0.1, 0.15) is 16.7 Å². The maximum absolute atomic E-state index is 11.6. The van der Waals surface area contributed by atoms with E-state index in [9.17, 15) is 4.79 Å². The van der Waals surface area contributed by atoms with Gasteiger partial charge in [-0.2, -0.15) is 0 Å². The fourth-order valence-corrected chi connectivity index (χ4v) is 1.97. The van der Waals surface area contributed by atoms with Crippen molar-refractivity contribution in [1.82, 2.24) is 5.48 Å². The summed E-state index contributed by atoms with van der Waals surface area (Å²) in [5.74, 6) is 0.371. The van der Waals surface area contributed by atoms with Gasteiger partial charge in [-0.05, 0) is 42.7 Å². The predicted octanol–water partition coefficient (Wildman–Crippen LogP) is 2.93. The van der Waals surface area contributed by atoms with Crippen LogP contribution in [-0.2, 0) is 16.2 Å². The van der Waals surface area contributed by atoms with Gasteiger partial charge in [-0.3, -0.25) is 9.63 Å². The predicted molar refractivity (Wildman–Crippen MR) is 80.8 cm³/mol. The van der Waals surface area contributed by atoms with Crippen molar-refractivity contribution in [1.29, 1.82) is 0 Å². The highest BCUT2D eigenvalue weighted by Crippen LogP contribution is 2.15. The summed E-state index contributed by atoms with van der Waals surface area (Å²) < 4.78 is 5.44. The maximum atomic E-state index is 11.6. The molecule has 2 aromatic rings. The van der Waals surface area contributed by atoms with Crippen LogP contribution in [-0.4, -0.2) is 12.5 Å². The number of hydrogen-bond acceptors (Lipinski definition) is 3. The highest BCUT2D eigenvalue weighted by molar-refractivity contribution is 5.76. The van der Waals surface area contributed by atoms with Crippen molar-refractivity contribution in [2.45, 2.75) is 20.5 Å². The van der Waals surface area contributed by atoms with Crippen LogP contribution >= 0.6 is 0 Å². The molecule has 1 amide bonds. The fourth-order valence-electron chi connectivity index (χ4n) is 1.97. The summed E-state index contributed by atoms with van der Waals surface area (Å²) in [5, 5.41) is 0. The molecule has 0 aromatic heterocycles. The van der Waals surface area contributed by atoms with Gasteiger partial charge in [0, 0.05) is 0 Å². The van der Waals surface area contributed by atoms with Gasteiger partial charge in [0.15, 0.2) is 6.61 Å². The summed E-state index contributed by atoms with van der Waals surface area (Å²) in [7, 11) is 0. The van der Waals surface area contributed by atoms with Crippen molar-refractivity contribution in [3.05, 3.63) is 65.2 Å². The number of hydrogen-bond donors (Lipinski definition) is 1. The minimum atomic E-state index is -0.315. The normalized spacial score (nSPS) is 10.2. The third-order valence-electron chi connectivity index (χ3n) is 2.83. The Morgan fingerprint density at radius 1 is 1.05 bits per heavy atom. The van der Waals surface area contributed by atoms with E-state index in [1.54, 1.807) is 0 Å². The average molecular weight is 285 g/mol. The van der Waals surface area contributed by atoms with Gasteiger partial charge in [-0.25, -0.2) is 5.48 Å². The van der Waals surface area contributed by atoms with Gasteiger partial charge in [0.05, 0.1) is 6.61 Å². The second-order valence-corrected chi connectivity index (χ2v) is 4.91. The molecule has 1 N–H and O–H groups in total. The monoisotopic (exact) mass is 285 g/mol. The zero-order valence-electron chi connectivity index (χ0n) is 12.3. The molecule has 0 spiro atoms. The molecule has 0 bridgehead atoms. The lowest BCUT2D eigenvalue weighted by molar-refractivity contribution is -0.136.